The number of anilines is 3. The molecule has 8 heteroatoms. The molecule has 0 spiro atoms. The second kappa shape index (κ2) is 10.0. The summed E-state index contributed by atoms with van der Waals surface area (Å²) in [4.78, 5) is 31.5. The lowest BCUT2D eigenvalue weighted by Crippen LogP contribution is -2.26. The van der Waals surface area contributed by atoms with Gasteiger partial charge in [-0.2, -0.15) is 0 Å². The lowest BCUT2D eigenvalue weighted by molar-refractivity contribution is -0.115. The summed E-state index contributed by atoms with van der Waals surface area (Å²) in [6.45, 7) is 2.34. The van der Waals surface area contributed by atoms with Crippen LogP contribution in [0.5, 0.6) is 0 Å². The van der Waals surface area contributed by atoms with E-state index >= 15 is 0 Å². The molecule has 1 aromatic heterocycles. The number of hydrogen-bond donors (Lipinski definition) is 2. The van der Waals surface area contributed by atoms with E-state index in [9.17, 15) is 14.0 Å². The number of carbonyl (C=O) groups excluding carboxylic acids is 2. The highest BCUT2D eigenvalue weighted by atomic mass is 35.5. The quantitative estimate of drug-likeness (QED) is 0.325. The summed E-state index contributed by atoms with van der Waals surface area (Å²) in [6, 6.07) is 18.7. The van der Waals surface area contributed by atoms with Gasteiger partial charge in [0, 0.05) is 41.6 Å². The minimum atomic E-state index is -0.307. The topological polar surface area (TPSA) is 74.3 Å². The van der Waals surface area contributed by atoms with Crippen molar-refractivity contribution in [3.63, 3.8) is 0 Å². The van der Waals surface area contributed by atoms with Gasteiger partial charge in [-0.1, -0.05) is 29.8 Å². The van der Waals surface area contributed by atoms with Crippen LogP contribution in [0.3, 0.4) is 0 Å². The second-order valence-electron chi connectivity index (χ2n) is 9.04. The lowest BCUT2D eigenvalue weighted by Gasteiger charge is -2.18. The average molecular weight is 515 g/mol. The lowest BCUT2D eigenvalue weighted by atomic mass is 9.95. The Morgan fingerprint density at radius 1 is 1.11 bits per heavy atom. The highest BCUT2D eigenvalue weighted by Crippen LogP contribution is 2.39. The first-order chi connectivity index (χ1) is 17.8. The van der Waals surface area contributed by atoms with Crippen LogP contribution in [0, 0.1) is 12.7 Å². The molecular formula is C29H24ClFN4O2. The molecule has 0 saturated carbocycles. The highest BCUT2D eigenvalue weighted by molar-refractivity contribution is 6.31. The van der Waals surface area contributed by atoms with Crippen LogP contribution in [0.1, 0.15) is 27.0 Å². The molecule has 37 heavy (non-hydrogen) atoms. The van der Waals surface area contributed by atoms with Crippen molar-refractivity contribution in [2.45, 2.75) is 19.9 Å². The molecule has 0 saturated heterocycles. The van der Waals surface area contributed by atoms with Gasteiger partial charge in [0.05, 0.1) is 12.1 Å². The fourth-order valence-corrected chi connectivity index (χ4v) is 4.66. The maximum Gasteiger partial charge on any atom is 0.253 e. The maximum atomic E-state index is 13.2. The average Bonchev–Trinajstić information content (AvgIpc) is 3.02. The van der Waals surface area contributed by atoms with Gasteiger partial charge in [-0.05, 0) is 77.7 Å². The summed E-state index contributed by atoms with van der Waals surface area (Å²) in [5, 5.41) is 6.81. The first-order valence-electron chi connectivity index (χ1n) is 11.7. The number of hydrogen-bond acceptors (Lipinski definition) is 4. The molecule has 0 fully saturated rings. The van der Waals surface area contributed by atoms with Crippen LogP contribution in [-0.4, -0.2) is 28.7 Å². The van der Waals surface area contributed by atoms with Gasteiger partial charge in [-0.3, -0.25) is 9.59 Å². The highest BCUT2D eigenvalue weighted by Gasteiger charge is 2.23. The third-order valence-corrected chi connectivity index (χ3v) is 6.59. The molecular weight excluding hydrogens is 491 g/mol. The Bertz CT molecular complexity index is 1500. The van der Waals surface area contributed by atoms with Crippen LogP contribution < -0.4 is 10.6 Å². The largest absolute Gasteiger partial charge is 0.340 e. The third-order valence-electron chi connectivity index (χ3n) is 6.35. The number of pyridine rings is 1. The molecule has 186 valence electrons. The normalized spacial score (nSPS) is 12.2. The van der Waals surface area contributed by atoms with E-state index < -0.39 is 0 Å². The van der Waals surface area contributed by atoms with Crippen LogP contribution in [0.4, 0.5) is 21.6 Å². The van der Waals surface area contributed by atoms with Crippen molar-refractivity contribution in [1.82, 2.24) is 9.88 Å². The maximum absolute atomic E-state index is 13.2. The molecule has 2 heterocycles. The van der Waals surface area contributed by atoms with Crippen molar-refractivity contribution in [1.29, 1.82) is 0 Å². The van der Waals surface area contributed by atoms with Gasteiger partial charge in [-0.15, -0.1) is 0 Å². The Labute approximate surface area is 219 Å². The van der Waals surface area contributed by atoms with Crippen molar-refractivity contribution >= 4 is 40.6 Å². The first kappa shape index (κ1) is 24.5. The summed E-state index contributed by atoms with van der Waals surface area (Å²) in [5.74, 6) is 0.0942. The van der Waals surface area contributed by atoms with Crippen molar-refractivity contribution in [2.24, 2.45) is 0 Å². The third kappa shape index (κ3) is 5.17. The fourth-order valence-electron chi connectivity index (χ4n) is 4.49. The predicted octanol–water partition coefficient (Wildman–Crippen LogP) is 6.36. The smallest absolute Gasteiger partial charge is 0.253 e. The van der Waals surface area contributed by atoms with Crippen LogP contribution in [0.2, 0.25) is 5.02 Å². The van der Waals surface area contributed by atoms with E-state index in [1.54, 1.807) is 54.5 Å². The Kier molecular flexibility index (Phi) is 6.63. The van der Waals surface area contributed by atoms with Crippen molar-refractivity contribution < 1.29 is 14.0 Å². The van der Waals surface area contributed by atoms with Gasteiger partial charge in [0.15, 0.2) is 0 Å². The van der Waals surface area contributed by atoms with Gasteiger partial charge < -0.3 is 15.5 Å². The van der Waals surface area contributed by atoms with Crippen LogP contribution in [0.25, 0.3) is 11.1 Å². The summed E-state index contributed by atoms with van der Waals surface area (Å²) in [7, 11) is 1.71. The zero-order valence-electron chi connectivity index (χ0n) is 20.3. The molecule has 0 aliphatic carbocycles. The van der Waals surface area contributed by atoms with Crippen molar-refractivity contribution in [3.8, 4) is 11.1 Å². The molecule has 2 amide bonds. The predicted molar refractivity (Wildman–Crippen MR) is 144 cm³/mol. The molecule has 0 radical (unpaired) electrons. The summed E-state index contributed by atoms with van der Waals surface area (Å²) < 4.78 is 13.2. The van der Waals surface area contributed by atoms with Gasteiger partial charge in [0.25, 0.3) is 5.91 Å². The standard InChI is InChI=1S/C29H24ClFN4O2/c1-17-27-20(13-26(36)34-25-14-21(30)7-12-24(25)27)15-32-28(17)33-23-10-5-19(6-11-23)29(37)35(2)16-18-3-8-22(31)9-4-18/h3-12,14-15H,13,16H2,1-2H3,(H,32,33)(H,34,36). The molecule has 3 aromatic carbocycles. The molecule has 0 atom stereocenters. The molecule has 1 aliphatic rings. The summed E-state index contributed by atoms with van der Waals surface area (Å²) in [5.41, 5.74) is 6.40. The number of carbonyl (C=O) groups is 2. The van der Waals surface area contributed by atoms with Crippen LogP contribution >= 0.6 is 11.6 Å². The zero-order chi connectivity index (χ0) is 26.1. The van der Waals surface area contributed by atoms with E-state index in [1.807, 2.05) is 25.1 Å². The Hall–Kier alpha value is -4.23. The van der Waals surface area contributed by atoms with Gasteiger partial charge in [-0.25, -0.2) is 9.37 Å². The molecule has 1 aliphatic heterocycles. The Balaban J connectivity index is 1.36. The Morgan fingerprint density at radius 2 is 1.84 bits per heavy atom. The van der Waals surface area contributed by atoms with Gasteiger partial charge >= 0.3 is 0 Å². The van der Waals surface area contributed by atoms with E-state index in [4.69, 9.17) is 11.6 Å². The fraction of sp³-hybridized carbons (Fsp3) is 0.138. The van der Waals surface area contributed by atoms with Gasteiger partial charge in [0.1, 0.15) is 11.6 Å². The number of benzene rings is 3. The number of rotatable bonds is 5. The second-order valence-corrected chi connectivity index (χ2v) is 9.47. The summed E-state index contributed by atoms with van der Waals surface area (Å²) in [6.07, 6.45) is 1.94. The van der Waals surface area contributed by atoms with Crippen LogP contribution in [0.15, 0.2) is 72.9 Å². The monoisotopic (exact) mass is 514 g/mol. The first-order valence-corrected chi connectivity index (χ1v) is 12.1. The number of amides is 2. The zero-order valence-corrected chi connectivity index (χ0v) is 21.1. The van der Waals surface area contributed by atoms with E-state index in [1.165, 1.54) is 12.1 Å². The summed E-state index contributed by atoms with van der Waals surface area (Å²) >= 11 is 6.17. The van der Waals surface area contributed by atoms with E-state index in [2.05, 4.69) is 15.6 Å². The van der Waals surface area contributed by atoms with Crippen molar-refractivity contribution in [2.75, 3.05) is 17.7 Å². The molecule has 4 aromatic rings. The number of nitrogens with zero attached hydrogens (tertiary/aromatic N) is 2. The molecule has 2 N–H and O–H groups in total. The number of halogens is 2. The SMILES string of the molecule is Cc1c(Nc2ccc(C(=O)N(C)Cc3ccc(F)cc3)cc2)ncc2c1-c1ccc(Cl)cc1NC(=O)C2. The Morgan fingerprint density at radius 3 is 2.57 bits per heavy atom. The minimum Gasteiger partial charge on any atom is -0.340 e. The molecule has 6 nitrogen and oxygen atoms in total. The number of fused-ring (bicyclic) bond motifs is 3. The van der Waals surface area contributed by atoms with Crippen molar-refractivity contribution in [3.05, 3.63) is 106 Å². The molecule has 0 bridgehead atoms. The van der Waals surface area contributed by atoms with Crippen LogP contribution in [-0.2, 0) is 17.8 Å². The van der Waals surface area contributed by atoms with E-state index in [0.29, 0.717) is 28.6 Å². The number of nitrogens with one attached hydrogen (secondary N) is 2. The number of aromatic nitrogens is 1. The van der Waals surface area contributed by atoms with E-state index in [0.717, 1.165) is 33.5 Å². The van der Waals surface area contributed by atoms with Gasteiger partial charge in [0.2, 0.25) is 5.91 Å². The van der Waals surface area contributed by atoms with E-state index in [-0.39, 0.29) is 24.1 Å². The molecule has 0 unspecified atom stereocenters. The molecule has 5 rings (SSSR count). The minimum absolute atomic E-state index is 0.117.